The van der Waals surface area contributed by atoms with Gasteiger partial charge >= 0.3 is 16.3 Å². The lowest BCUT2D eigenvalue weighted by Crippen LogP contribution is -2.44. The van der Waals surface area contributed by atoms with Gasteiger partial charge in [-0.3, -0.25) is 4.79 Å². The van der Waals surface area contributed by atoms with Crippen molar-refractivity contribution in [3.8, 4) is 5.75 Å². The standard InChI is InChI=1S/C27H34FN3O6S/c1-3-18(4-2)12-13-30(27(33)34)21-11-10-20-14-23(37-17-19-8-6-5-7-9-19)26(25(28)22(20)15-21)31-16-24(32)29-38(31,35)36/h5-9,14,18,21H,3-4,10-13,15-17H2,1-2H3,(H,29,32)(H,33,34)/t21-/m1/s1. The highest BCUT2D eigenvalue weighted by Crippen LogP contribution is 2.41. The molecule has 0 bridgehead atoms. The van der Waals surface area contributed by atoms with E-state index in [2.05, 4.69) is 13.8 Å². The van der Waals surface area contributed by atoms with Crippen LogP contribution in [0.1, 0.15) is 56.2 Å². The van der Waals surface area contributed by atoms with Crippen molar-refractivity contribution >= 4 is 27.9 Å². The first-order chi connectivity index (χ1) is 18.1. The van der Waals surface area contributed by atoms with Crippen molar-refractivity contribution < 1.29 is 32.2 Å². The van der Waals surface area contributed by atoms with Crippen LogP contribution in [0.25, 0.3) is 0 Å². The SMILES string of the molecule is CCC(CC)CCN(C(=O)O)[C@@H]1CCc2cc(OCc3ccccc3)c(N3CC(=O)NS3(=O)=O)c(F)c2C1. The number of rotatable bonds is 10. The minimum atomic E-state index is -4.30. The second-order valence-electron chi connectivity index (χ2n) is 9.83. The topological polar surface area (TPSA) is 116 Å². The molecule has 38 heavy (non-hydrogen) atoms. The maximum atomic E-state index is 16.2. The lowest BCUT2D eigenvalue weighted by Gasteiger charge is -2.35. The van der Waals surface area contributed by atoms with E-state index in [1.54, 1.807) is 6.07 Å². The third-order valence-corrected chi connectivity index (χ3v) is 8.89. The van der Waals surface area contributed by atoms with Crippen molar-refractivity contribution in [3.05, 3.63) is 58.9 Å². The summed E-state index contributed by atoms with van der Waals surface area (Å²) in [5, 5.41) is 9.93. The van der Waals surface area contributed by atoms with Gasteiger partial charge in [0.05, 0.1) is 0 Å². The van der Waals surface area contributed by atoms with Crippen LogP contribution >= 0.6 is 0 Å². The fraction of sp³-hybridized carbons (Fsp3) is 0.481. The van der Waals surface area contributed by atoms with Crippen LogP contribution in [0.4, 0.5) is 14.9 Å². The van der Waals surface area contributed by atoms with Crippen molar-refractivity contribution in [3.63, 3.8) is 0 Å². The Bertz CT molecular complexity index is 1280. The number of nitrogens with one attached hydrogen (secondary N) is 1. The van der Waals surface area contributed by atoms with Gasteiger partial charge in [-0.25, -0.2) is 18.2 Å². The van der Waals surface area contributed by atoms with Gasteiger partial charge in [0.2, 0.25) is 0 Å². The minimum absolute atomic E-state index is 0.0208. The predicted molar refractivity (Wildman–Crippen MR) is 141 cm³/mol. The van der Waals surface area contributed by atoms with Crippen LogP contribution in [-0.2, 0) is 34.5 Å². The number of hydrogen-bond acceptors (Lipinski definition) is 5. The average Bonchev–Trinajstić information content (AvgIpc) is 3.17. The van der Waals surface area contributed by atoms with Crippen molar-refractivity contribution in [2.24, 2.45) is 5.92 Å². The fourth-order valence-corrected chi connectivity index (χ4v) is 6.41. The number of carbonyl (C=O) groups excluding carboxylic acids is 1. The summed E-state index contributed by atoms with van der Waals surface area (Å²) in [5.41, 5.74) is 1.38. The summed E-state index contributed by atoms with van der Waals surface area (Å²) in [4.78, 5) is 25.5. The second-order valence-corrected chi connectivity index (χ2v) is 11.4. The number of ether oxygens (including phenoxy) is 1. The minimum Gasteiger partial charge on any atom is -0.487 e. The van der Waals surface area contributed by atoms with Crippen LogP contribution < -0.4 is 13.8 Å². The quantitative estimate of drug-likeness (QED) is 0.460. The molecule has 2 aliphatic rings. The maximum Gasteiger partial charge on any atom is 0.407 e. The first-order valence-corrected chi connectivity index (χ1v) is 14.4. The maximum absolute atomic E-state index is 16.2. The molecule has 1 aliphatic heterocycles. The smallest absolute Gasteiger partial charge is 0.407 e. The van der Waals surface area contributed by atoms with Crippen molar-refractivity contribution in [1.82, 2.24) is 9.62 Å². The van der Waals surface area contributed by atoms with Crippen LogP contribution in [0.2, 0.25) is 0 Å². The van der Waals surface area contributed by atoms with Crippen LogP contribution in [0.15, 0.2) is 36.4 Å². The van der Waals surface area contributed by atoms with Crippen LogP contribution in [0.5, 0.6) is 5.75 Å². The Labute approximate surface area is 222 Å². The van der Waals surface area contributed by atoms with E-state index in [9.17, 15) is 23.1 Å². The number of carboxylic acid groups (broad SMARTS) is 1. The Morgan fingerprint density at radius 3 is 2.58 bits per heavy atom. The number of aryl methyl sites for hydroxylation is 1. The summed E-state index contributed by atoms with van der Waals surface area (Å²) < 4.78 is 50.1. The molecule has 0 saturated carbocycles. The summed E-state index contributed by atoms with van der Waals surface area (Å²) in [7, 11) is -4.30. The number of benzene rings is 2. The second kappa shape index (κ2) is 11.6. The van der Waals surface area contributed by atoms with Crippen LogP contribution in [-0.4, -0.2) is 49.6 Å². The van der Waals surface area contributed by atoms with Gasteiger partial charge in [-0.15, -0.1) is 0 Å². The molecule has 0 radical (unpaired) electrons. The summed E-state index contributed by atoms with van der Waals surface area (Å²) in [5.74, 6) is -1.15. The first kappa shape index (κ1) is 27.7. The van der Waals surface area contributed by atoms with Gasteiger partial charge in [-0.2, -0.15) is 8.42 Å². The molecule has 1 saturated heterocycles. The number of hydrogen-bond donors (Lipinski definition) is 2. The van der Waals surface area contributed by atoms with Crippen molar-refractivity contribution in [1.29, 1.82) is 0 Å². The van der Waals surface area contributed by atoms with Gasteiger partial charge < -0.3 is 14.7 Å². The van der Waals surface area contributed by atoms with Crippen molar-refractivity contribution in [2.45, 2.75) is 65.0 Å². The largest absolute Gasteiger partial charge is 0.487 e. The third-order valence-electron chi connectivity index (χ3n) is 7.51. The molecule has 1 atom stereocenters. The zero-order valence-corrected chi connectivity index (χ0v) is 22.5. The summed E-state index contributed by atoms with van der Waals surface area (Å²) in [6.07, 6.45) is 2.62. The molecule has 0 unspecified atom stereocenters. The highest BCUT2D eigenvalue weighted by atomic mass is 32.2. The zero-order chi connectivity index (χ0) is 27.4. The molecule has 206 valence electrons. The van der Waals surface area contributed by atoms with Gasteiger partial charge in [0.25, 0.3) is 5.91 Å². The van der Waals surface area contributed by atoms with Crippen molar-refractivity contribution in [2.75, 3.05) is 17.4 Å². The molecule has 9 nitrogen and oxygen atoms in total. The number of nitrogens with zero attached hydrogens (tertiary/aromatic N) is 2. The summed E-state index contributed by atoms with van der Waals surface area (Å²) in [6, 6.07) is 10.4. The molecule has 0 spiro atoms. The van der Waals surface area contributed by atoms with E-state index >= 15 is 4.39 Å². The summed E-state index contributed by atoms with van der Waals surface area (Å²) in [6.45, 7) is 4.02. The van der Waals surface area contributed by atoms with Gasteiger partial charge in [-0.1, -0.05) is 57.0 Å². The van der Waals surface area contributed by atoms with Gasteiger partial charge in [0.1, 0.15) is 24.6 Å². The summed E-state index contributed by atoms with van der Waals surface area (Å²) >= 11 is 0. The molecule has 11 heteroatoms. The Morgan fingerprint density at radius 1 is 1.26 bits per heavy atom. The Hall–Kier alpha value is -3.34. The molecule has 1 aliphatic carbocycles. The van der Waals surface area contributed by atoms with E-state index in [-0.39, 0.29) is 30.0 Å². The first-order valence-electron chi connectivity index (χ1n) is 13.0. The number of halogens is 1. The van der Waals surface area contributed by atoms with E-state index in [1.165, 1.54) is 4.90 Å². The normalized spacial score (nSPS) is 18.3. The Balaban J connectivity index is 1.68. The molecule has 2 aromatic carbocycles. The molecule has 1 fully saturated rings. The van der Waals surface area contributed by atoms with E-state index in [1.807, 2.05) is 35.1 Å². The average molecular weight is 548 g/mol. The van der Waals surface area contributed by atoms with E-state index < -0.39 is 40.6 Å². The molecular formula is C27H34FN3O6S. The predicted octanol–water partition coefficient (Wildman–Crippen LogP) is 4.25. The molecular weight excluding hydrogens is 513 g/mol. The molecule has 4 rings (SSSR count). The van der Waals surface area contributed by atoms with E-state index in [0.717, 1.165) is 24.8 Å². The molecule has 2 amide bonds. The number of amides is 2. The zero-order valence-electron chi connectivity index (χ0n) is 21.7. The van der Waals surface area contributed by atoms with Crippen LogP contribution in [0, 0.1) is 11.7 Å². The monoisotopic (exact) mass is 547 g/mol. The molecule has 0 aromatic heterocycles. The van der Waals surface area contributed by atoms with Gasteiger partial charge in [-0.05, 0) is 54.4 Å². The molecule has 2 aromatic rings. The lowest BCUT2D eigenvalue weighted by molar-refractivity contribution is -0.117. The highest BCUT2D eigenvalue weighted by Gasteiger charge is 2.40. The Kier molecular flexibility index (Phi) is 8.44. The lowest BCUT2D eigenvalue weighted by atomic mass is 9.86. The van der Waals surface area contributed by atoms with Gasteiger partial charge in [0.15, 0.2) is 5.82 Å². The van der Waals surface area contributed by atoms with E-state index in [0.29, 0.717) is 35.2 Å². The molecule has 1 heterocycles. The van der Waals surface area contributed by atoms with E-state index in [4.69, 9.17) is 4.74 Å². The number of carbonyl (C=O) groups is 2. The fourth-order valence-electron chi connectivity index (χ4n) is 5.25. The van der Waals surface area contributed by atoms with Crippen LogP contribution in [0.3, 0.4) is 0 Å². The van der Waals surface area contributed by atoms with Gasteiger partial charge in [0, 0.05) is 12.6 Å². The highest BCUT2D eigenvalue weighted by molar-refractivity contribution is 7.92. The Morgan fingerprint density at radius 2 is 1.97 bits per heavy atom. The number of fused-ring (bicyclic) bond motifs is 1. The number of anilines is 1. The molecule has 2 N–H and O–H groups in total. The third kappa shape index (κ3) is 5.87.